The summed E-state index contributed by atoms with van der Waals surface area (Å²) in [7, 11) is 0. The van der Waals surface area contributed by atoms with Crippen LogP contribution in [0.5, 0.6) is 0 Å². The van der Waals surface area contributed by atoms with Crippen molar-refractivity contribution in [3.05, 3.63) is 80.4 Å². The van der Waals surface area contributed by atoms with Gasteiger partial charge in [-0.1, -0.05) is 20.8 Å². The van der Waals surface area contributed by atoms with Crippen molar-refractivity contribution in [3.8, 4) is 0 Å². The number of carboxylic acid groups (broad SMARTS) is 1. The Morgan fingerprint density at radius 2 is 1.00 bits per heavy atom. The first-order valence-electron chi connectivity index (χ1n) is 16.5. The second-order valence-corrected chi connectivity index (χ2v) is 12.7. The van der Waals surface area contributed by atoms with E-state index in [4.69, 9.17) is 9.97 Å². The minimum Gasteiger partial charge on any atom is -0.481 e. The number of hydrogen-bond acceptors (Lipinski definition) is 3. The van der Waals surface area contributed by atoms with Crippen LogP contribution in [0.15, 0.2) is 24.3 Å². The van der Waals surface area contributed by atoms with E-state index in [1.807, 2.05) is 0 Å². The van der Waals surface area contributed by atoms with Gasteiger partial charge in [-0.3, -0.25) is 4.79 Å². The highest BCUT2D eigenvalue weighted by atomic mass is 16.4. The number of fused-ring (bicyclic) bond motifs is 11. The first-order valence-corrected chi connectivity index (χ1v) is 16.5. The van der Waals surface area contributed by atoms with E-state index in [9.17, 15) is 9.90 Å². The number of H-pyrrole nitrogens is 3. The Balaban J connectivity index is 1.82. The van der Waals surface area contributed by atoms with Gasteiger partial charge in [0.2, 0.25) is 0 Å². The summed E-state index contributed by atoms with van der Waals surface area (Å²) < 4.78 is 0. The summed E-state index contributed by atoms with van der Waals surface area (Å²) >= 11 is 0. The van der Waals surface area contributed by atoms with Crippen LogP contribution in [0.1, 0.15) is 110 Å². The predicted molar refractivity (Wildman–Crippen MR) is 192 cm³/mol. The standard InChI is InChI=1S/C39H45N5O2/c1-10-25-21(6)31-15-29-19(4)20(5)30(40-29)16-34-26(11-2)23(8)38(43-34)39-24(9)27(12-3)35(44-39)17-32-22(7)28(13-14-37(45)46)36(42-32)18-33(25)41-31/h15-18,40-42H,10-14H2,1-9H3,(H,45,46). The summed E-state index contributed by atoms with van der Waals surface area (Å²) in [6, 6.07) is 8.71. The second-order valence-electron chi connectivity index (χ2n) is 12.7. The van der Waals surface area contributed by atoms with E-state index in [2.05, 4.69) is 102 Å². The van der Waals surface area contributed by atoms with Crippen LogP contribution in [0, 0.1) is 27.7 Å². The van der Waals surface area contributed by atoms with Crippen molar-refractivity contribution in [1.82, 2.24) is 24.9 Å². The number of nitrogens with one attached hydrogen (secondary N) is 3. The number of aromatic nitrogens is 5. The molecule has 7 heteroatoms. The predicted octanol–water partition coefficient (Wildman–Crippen LogP) is 9.85. The van der Waals surface area contributed by atoms with Crippen molar-refractivity contribution in [2.45, 2.75) is 94.4 Å². The van der Waals surface area contributed by atoms with Gasteiger partial charge in [-0.2, -0.15) is 0 Å². The molecule has 2 aliphatic heterocycles. The van der Waals surface area contributed by atoms with E-state index in [-0.39, 0.29) is 6.42 Å². The van der Waals surface area contributed by atoms with E-state index in [0.29, 0.717) is 6.42 Å². The van der Waals surface area contributed by atoms with Crippen LogP contribution < -0.4 is 0 Å². The third-order valence-corrected chi connectivity index (χ3v) is 10.3. The fraction of sp³-hybridized carbons (Fsp3) is 0.359. The first-order chi connectivity index (χ1) is 22.0. The van der Waals surface area contributed by atoms with E-state index < -0.39 is 5.97 Å². The molecular weight excluding hydrogens is 570 g/mol. The van der Waals surface area contributed by atoms with Crippen molar-refractivity contribution in [2.75, 3.05) is 0 Å². The monoisotopic (exact) mass is 615 g/mol. The van der Waals surface area contributed by atoms with Gasteiger partial charge < -0.3 is 20.1 Å². The summed E-state index contributed by atoms with van der Waals surface area (Å²) in [6.45, 7) is 19.5. The molecule has 6 rings (SSSR count). The SMILES string of the molecule is CCC1=C(C)c2nc1cc1[nH]c(cc3[nH]c(cc4[nH]c(cc5nc2C(C)=C5CC)c(C)c4CCC(=O)O)c(CC)c3C)c(C)c1C. The Morgan fingerprint density at radius 1 is 0.587 bits per heavy atom. The molecule has 238 valence electrons. The summed E-state index contributed by atoms with van der Waals surface area (Å²) in [5.41, 5.74) is 21.7. The molecule has 0 amide bonds. The van der Waals surface area contributed by atoms with Gasteiger partial charge in [0, 0.05) is 39.5 Å². The van der Waals surface area contributed by atoms with Crippen molar-refractivity contribution in [1.29, 1.82) is 0 Å². The highest BCUT2D eigenvalue weighted by Crippen LogP contribution is 2.40. The molecule has 4 aromatic rings. The molecule has 4 N–H and O–H groups in total. The number of hydrogen-bond donors (Lipinski definition) is 4. The molecular formula is C39H45N5O2. The van der Waals surface area contributed by atoms with Crippen LogP contribution in [0.4, 0.5) is 0 Å². The van der Waals surface area contributed by atoms with Gasteiger partial charge in [-0.15, -0.1) is 0 Å². The number of allylic oxidation sites excluding steroid dienone is 4. The van der Waals surface area contributed by atoms with E-state index in [1.165, 1.54) is 39.0 Å². The smallest absolute Gasteiger partial charge is 0.303 e. The van der Waals surface area contributed by atoms with Crippen LogP contribution in [0.25, 0.3) is 55.4 Å². The number of aromatic amines is 3. The van der Waals surface area contributed by atoms with Gasteiger partial charge in [0.25, 0.3) is 0 Å². The lowest BCUT2D eigenvalue weighted by atomic mass is 9.99. The number of aryl methyl sites for hydroxylation is 6. The summed E-state index contributed by atoms with van der Waals surface area (Å²) in [4.78, 5) is 33.3. The highest BCUT2D eigenvalue weighted by Gasteiger charge is 2.25. The van der Waals surface area contributed by atoms with Crippen molar-refractivity contribution in [3.63, 3.8) is 0 Å². The van der Waals surface area contributed by atoms with E-state index in [1.54, 1.807) is 0 Å². The van der Waals surface area contributed by atoms with E-state index >= 15 is 0 Å². The quantitative estimate of drug-likeness (QED) is 0.173. The van der Waals surface area contributed by atoms with Crippen LogP contribution in [0.2, 0.25) is 0 Å². The van der Waals surface area contributed by atoms with Gasteiger partial charge in [-0.25, -0.2) is 9.97 Å². The number of rotatable bonds is 6. The van der Waals surface area contributed by atoms with Gasteiger partial charge in [-0.05, 0) is 147 Å². The minimum absolute atomic E-state index is 0.0648. The molecule has 7 nitrogen and oxygen atoms in total. The lowest BCUT2D eigenvalue weighted by Crippen LogP contribution is -1.97. The van der Waals surface area contributed by atoms with Gasteiger partial charge in [0.05, 0.1) is 22.8 Å². The number of nitrogens with zero attached hydrogens (tertiary/aromatic N) is 2. The van der Waals surface area contributed by atoms with Crippen molar-refractivity contribution >= 4 is 61.4 Å². The zero-order chi connectivity index (χ0) is 33.0. The summed E-state index contributed by atoms with van der Waals surface area (Å²) in [6.07, 6.45) is 3.10. The molecule has 0 fully saturated rings. The number of carbonyl (C=O) groups is 1. The van der Waals surface area contributed by atoms with Crippen LogP contribution in [-0.4, -0.2) is 36.0 Å². The maximum Gasteiger partial charge on any atom is 0.303 e. The molecule has 4 aromatic heterocycles. The Hall–Kier alpha value is -4.65. The molecule has 0 unspecified atom stereocenters. The molecule has 0 radical (unpaired) electrons. The average molecular weight is 616 g/mol. The molecule has 0 atom stereocenters. The molecule has 46 heavy (non-hydrogen) atoms. The highest BCUT2D eigenvalue weighted by molar-refractivity contribution is 5.99. The molecule has 10 bridgehead atoms. The normalized spacial score (nSPS) is 13.3. The van der Waals surface area contributed by atoms with Gasteiger partial charge >= 0.3 is 5.97 Å². The lowest BCUT2D eigenvalue weighted by molar-refractivity contribution is -0.136. The van der Waals surface area contributed by atoms with Gasteiger partial charge in [0.1, 0.15) is 0 Å². The number of aliphatic carboxylic acids is 1. The maximum absolute atomic E-state index is 11.7. The van der Waals surface area contributed by atoms with E-state index in [0.717, 1.165) is 91.8 Å². The molecule has 0 saturated carbocycles. The summed E-state index contributed by atoms with van der Waals surface area (Å²) in [5.74, 6) is -0.803. The fourth-order valence-corrected chi connectivity index (χ4v) is 7.30. The molecule has 0 spiro atoms. The topological polar surface area (TPSA) is 110 Å². The third kappa shape index (κ3) is 5.12. The van der Waals surface area contributed by atoms with Crippen LogP contribution in [0.3, 0.4) is 0 Å². The zero-order valence-electron chi connectivity index (χ0n) is 28.6. The molecule has 6 heterocycles. The summed E-state index contributed by atoms with van der Waals surface area (Å²) in [5, 5.41) is 9.59. The Kier molecular flexibility index (Phi) is 8.13. The fourth-order valence-electron chi connectivity index (χ4n) is 7.30. The molecule has 0 aliphatic carbocycles. The van der Waals surface area contributed by atoms with Crippen molar-refractivity contribution < 1.29 is 9.90 Å². The first kappa shape index (κ1) is 31.3. The lowest BCUT2D eigenvalue weighted by Gasteiger charge is -2.02. The minimum atomic E-state index is -0.803. The average Bonchev–Trinajstić information content (AvgIpc) is 3.75. The van der Waals surface area contributed by atoms with Gasteiger partial charge in [0.15, 0.2) is 0 Å². The zero-order valence-corrected chi connectivity index (χ0v) is 28.6. The van der Waals surface area contributed by atoms with Crippen LogP contribution >= 0.6 is 0 Å². The molecule has 2 aliphatic rings. The Morgan fingerprint density at radius 3 is 1.50 bits per heavy atom. The Labute approximate surface area is 270 Å². The molecule has 0 aromatic carbocycles. The largest absolute Gasteiger partial charge is 0.481 e. The Bertz CT molecular complexity index is 2200. The number of carboxylic acids is 1. The van der Waals surface area contributed by atoms with Crippen LogP contribution in [-0.2, 0) is 17.6 Å². The molecule has 0 saturated heterocycles. The second kappa shape index (κ2) is 11.9. The third-order valence-electron chi connectivity index (χ3n) is 10.3. The maximum atomic E-state index is 11.7. The van der Waals surface area contributed by atoms with Crippen molar-refractivity contribution in [2.24, 2.45) is 0 Å².